The van der Waals surface area contributed by atoms with Crippen LogP contribution in [-0.2, 0) is 14.9 Å². The number of hydrogen-bond donors (Lipinski definition) is 2. The molecule has 0 unspecified atom stereocenters. The molecule has 0 aliphatic rings. The smallest absolute Gasteiger partial charge is 0.299 e. The van der Waals surface area contributed by atoms with Gasteiger partial charge in [-0.25, -0.2) is 0 Å². The minimum Gasteiger partial charge on any atom is -0.383 e. The van der Waals surface area contributed by atoms with Crippen LogP contribution in [0.3, 0.4) is 0 Å². The second kappa shape index (κ2) is 6.34. The first-order valence-corrected chi connectivity index (χ1v) is 7.25. The number of methoxy groups -OCH3 is 1. The lowest BCUT2D eigenvalue weighted by Crippen LogP contribution is -2.32. The molecule has 0 spiro atoms. The summed E-state index contributed by atoms with van der Waals surface area (Å²) in [4.78, 5) is 0. The van der Waals surface area contributed by atoms with E-state index in [2.05, 4.69) is 25.4 Å². The van der Waals surface area contributed by atoms with Gasteiger partial charge in [0.25, 0.3) is 10.2 Å². The van der Waals surface area contributed by atoms with E-state index in [4.69, 9.17) is 4.74 Å². The zero-order valence-corrected chi connectivity index (χ0v) is 12.1. The number of aryl methyl sites for hydroxylation is 1. The van der Waals surface area contributed by atoms with Crippen LogP contribution < -0.4 is 9.44 Å². The summed E-state index contributed by atoms with van der Waals surface area (Å²) in [6, 6.07) is 5.40. The quantitative estimate of drug-likeness (QED) is 0.782. The first-order valence-electron chi connectivity index (χ1n) is 4.97. The van der Waals surface area contributed by atoms with Crippen molar-refractivity contribution in [3.05, 3.63) is 28.2 Å². The lowest BCUT2D eigenvalue weighted by atomic mass is 10.2. The molecule has 0 bridgehead atoms. The average molecular weight is 323 g/mol. The molecule has 0 saturated carbocycles. The Hall–Kier alpha value is -0.630. The van der Waals surface area contributed by atoms with Crippen LogP contribution in [0.4, 0.5) is 5.69 Å². The Bertz CT molecular complexity index is 476. The Labute approximate surface area is 110 Å². The Morgan fingerprint density at radius 3 is 2.76 bits per heavy atom. The molecule has 2 N–H and O–H groups in total. The molecule has 0 aromatic heterocycles. The Kier molecular flexibility index (Phi) is 5.38. The minimum atomic E-state index is -3.55. The Balaban J connectivity index is 2.72. The van der Waals surface area contributed by atoms with Gasteiger partial charge in [-0.1, -0.05) is 22.0 Å². The van der Waals surface area contributed by atoms with Crippen molar-refractivity contribution in [2.24, 2.45) is 0 Å². The second-order valence-electron chi connectivity index (χ2n) is 3.45. The topological polar surface area (TPSA) is 67.4 Å². The van der Waals surface area contributed by atoms with E-state index in [-0.39, 0.29) is 6.54 Å². The van der Waals surface area contributed by atoms with Crippen LogP contribution in [0, 0.1) is 6.92 Å². The summed E-state index contributed by atoms with van der Waals surface area (Å²) in [6.45, 7) is 2.40. The number of benzene rings is 1. The van der Waals surface area contributed by atoms with E-state index in [0.717, 1.165) is 10.0 Å². The maximum atomic E-state index is 11.6. The van der Waals surface area contributed by atoms with Gasteiger partial charge in [0, 0.05) is 18.1 Å². The van der Waals surface area contributed by atoms with Gasteiger partial charge >= 0.3 is 0 Å². The predicted molar refractivity (Wildman–Crippen MR) is 71.3 cm³/mol. The van der Waals surface area contributed by atoms with Crippen molar-refractivity contribution in [1.29, 1.82) is 0 Å². The molecule has 1 aromatic carbocycles. The van der Waals surface area contributed by atoms with Crippen LogP contribution >= 0.6 is 15.9 Å². The van der Waals surface area contributed by atoms with Gasteiger partial charge in [0.1, 0.15) is 0 Å². The van der Waals surface area contributed by atoms with Crippen molar-refractivity contribution in [2.75, 3.05) is 25.0 Å². The molecule has 1 rings (SSSR count). The molecule has 96 valence electrons. The normalized spacial score (nSPS) is 11.5. The van der Waals surface area contributed by atoms with Crippen molar-refractivity contribution in [2.45, 2.75) is 6.92 Å². The third kappa shape index (κ3) is 5.03. The summed E-state index contributed by atoms with van der Waals surface area (Å²) in [6.07, 6.45) is 0. The zero-order valence-electron chi connectivity index (χ0n) is 9.66. The maximum Gasteiger partial charge on any atom is 0.299 e. The molecule has 0 atom stereocenters. The highest BCUT2D eigenvalue weighted by Crippen LogP contribution is 2.21. The van der Waals surface area contributed by atoms with Gasteiger partial charge in [0.05, 0.1) is 12.3 Å². The lowest BCUT2D eigenvalue weighted by Gasteiger charge is -2.11. The number of nitrogens with one attached hydrogen (secondary N) is 2. The van der Waals surface area contributed by atoms with E-state index in [1.807, 2.05) is 19.1 Å². The molecular weight excluding hydrogens is 308 g/mol. The summed E-state index contributed by atoms with van der Waals surface area (Å²) in [5.74, 6) is 0. The van der Waals surface area contributed by atoms with Crippen LogP contribution in [0.1, 0.15) is 5.56 Å². The Morgan fingerprint density at radius 1 is 1.41 bits per heavy atom. The number of halogens is 1. The molecule has 1 aromatic rings. The highest BCUT2D eigenvalue weighted by Gasteiger charge is 2.10. The first kappa shape index (κ1) is 14.4. The van der Waals surface area contributed by atoms with Crippen LogP contribution in [0.5, 0.6) is 0 Å². The van der Waals surface area contributed by atoms with Gasteiger partial charge < -0.3 is 4.74 Å². The number of anilines is 1. The average Bonchev–Trinajstić information content (AvgIpc) is 2.23. The molecule has 0 saturated heterocycles. The molecular formula is C10H15BrN2O3S. The van der Waals surface area contributed by atoms with Gasteiger partial charge in [-0.05, 0) is 24.6 Å². The molecule has 5 nitrogen and oxygen atoms in total. The van der Waals surface area contributed by atoms with Crippen molar-refractivity contribution < 1.29 is 13.2 Å². The fourth-order valence-corrected chi connectivity index (χ4v) is 2.46. The summed E-state index contributed by atoms with van der Waals surface area (Å²) >= 11 is 3.29. The fraction of sp³-hybridized carbons (Fsp3) is 0.400. The van der Waals surface area contributed by atoms with Gasteiger partial charge in [-0.3, -0.25) is 4.72 Å². The summed E-state index contributed by atoms with van der Waals surface area (Å²) in [5.41, 5.74) is 1.40. The lowest BCUT2D eigenvalue weighted by molar-refractivity contribution is 0.204. The van der Waals surface area contributed by atoms with Gasteiger partial charge in [-0.2, -0.15) is 13.1 Å². The van der Waals surface area contributed by atoms with E-state index in [1.54, 1.807) is 6.07 Å². The van der Waals surface area contributed by atoms with Crippen LogP contribution in [0.25, 0.3) is 0 Å². The van der Waals surface area contributed by atoms with Gasteiger partial charge in [0.2, 0.25) is 0 Å². The van der Waals surface area contributed by atoms with Gasteiger partial charge in [0.15, 0.2) is 0 Å². The molecule has 0 radical (unpaired) electrons. The van der Waals surface area contributed by atoms with Crippen molar-refractivity contribution in [1.82, 2.24) is 4.72 Å². The second-order valence-corrected chi connectivity index (χ2v) is 5.87. The van der Waals surface area contributed by atoms with Crippen LogP contribution in [-0.4, -0.2) is 28.7 Å². The van der Waals surface area contributed by atoms with Crippen LogP contribution in [0.2, 0.25) is 0 Å². The van der Waals surface area contributed by atoms with Gasteiger partial charge in [-0.15, -0.1) is 0 Å². The predicted octanol–water partition coefficient (Wildman–Crippen LogP) is 1.65. The molecule has 7 heteroatoms. The number of rotatable bonds is 6. The van der Waals surface area contributed by atoms with Crippen LogP contribution in [0.15, 0.2) is 22.7 Å². The van der Waals surface area contributed by atoms with E-state index in [0.29, 0.717) is 12.3 Å². The highest BCUT2D eigenvalue weighted by atomic mass is 79.9. The van der Waals surface area contributed by atoms with E-state index in [9.17, 15) is 8.42 Å². The Morgan fingerprint density at radius 2 is 2.12 bits per heavy atom. The van der Waals surface area contributed by atoms with E-state index >= 15 is 0 Å². The molecule has 0 fully saturated rings. The molecule has 0 amide bonds. The van der Waals surface area contributed by atoms with Crippen molar-refractivity contribution >= 4 is 31.8 Å². The van der Waals surface area contributed by atoms with Crippen molar-refractivity contribution in [3.8, 4) is 0 Å². The standard InChI is InChI=1S/C10H15BrN2O3S/c1-8-3-4-9(11)7-10(8)13-17(14,15)12-5-6-16-2/h3-4,7,12-13H,5-6H2,1-2H3. The summed E-state index contributed by atoms with van der Waals surface area (Å²) < 4.78 is 33.7. The summed E-state index contributed by atoms with van der Waals surface area (Å²) in [7, 11) is -2.03. The SMILES string of the molecule is COCCNS(=O)(=O)Nc1cc(Br)ccc1C. The van der Waals surface area contributed by atoms with E-state index in [1.165, 1.54) is 7.11 Å². The summed E-state index contributed by atoms with van der Waals surface area (Å²) in [5, 5.41) is 0. The third-order valence-corrected chi connectivity index (χ3v) is 3.61. The fourth-order valence-electron chi connectivity index (χ4n) is 1.16. The highest BCUT2D eigenvalue weighted by molar-refractivity contribution is 9.10. The number of hydrogen-bond acceptors (Lipinski definition) is 3. The first-order chi connectivity index (χ1) is 7.94. The largest absolute Gasteiger partial charge is 0.383 e. The third-order valence-electron chi connectivity index (χ3n) is 2.04. The van der Waals surface area contributed by atoms with Crippen molar-refractivity contribution in [3.63, 3.8) is 0 Å². The zero-order chi connectivity index (χ0) is 12.9. The maximum absolute atomic E-state index is 11.6. The molecule has 17 heavy (non-hydrogen) atoms. The number of ether oxygens (including phenoxy) is 1. The molecule has 0 aliphatic carbocycles. The molecule has 0 heterocycles. The van der Waals surface area contributed by atoms with E-state index < -0.39 is 10.2 Å². The minimum absolute atomic E-state index is 0.235. The monoisotopic (exact) mass is 322 g/mol. The molecule has 0 aliphatic heterocycles.